The number of benzene rings is 4. The van der Waals surface area contributed by atoms with Crippen LogP contribution in [0.1, 0.15) is 219 Å². The van der Waals surface area contributed by atoms with Crippen molar-refractivity contribution < 1.29 is 91.2 Å². The first-order valence-electron chi connectivity index (χ1n) is 22.8. The molecular formula is C54H70I2Mo2O10. The van der Waals surface area contributed by atoms with E-state index in [2.05, 4.69) is 72.9 Å². The second-order valence-electron chi connectivity index (χ2n) is 17.9. The second-order valence-corrected chi connectivity index (χ2v) is 20.4. The molecule has 372 valence electrons. The van der Waals surface area contributed by atoms with Crippen LogP contribution in [0, 0.1) is 7.14 Å². The number of carboxylic acid groups (broad SMARTS) is 4. The first-order valence-corrected chi connectivity index (χ1v) is 24.9. The van der Waals surface area contributed by atoms with Crippen LogP contribution in [0.15, 0.2) is 72.8 Å². The van der Waals surface area contributed by atoms with Crippen LogP contribution in [0.3, 0.4) is 0 Å². The van der Waals surface area contributed by atoms with Crippen LogP contribution < -0.4 is 20.4 Å². The maximum Gasteiger partial charge on any atom is 2.00 e. The van der Waals surface area contributed by atoms with Gasteiger partial charge in [-0.3, -0.25) is 0 Å². The monoisotopic (exact) mass is 1330 g/mol. The molecule has 0 bridgehead atoms. The number of carbonyl (C=O) groups excluding carboxylic acids is 4. The van der Waals surface area contributed by atoms with Gasteiger partial charge in [0.25, 0.3) is 0 Å². The Hall–Kier alpha value is -2.48. The average molecular weight is 1320 g/mol. The van der Waals surface area contributed by atoms with E-state index in [1.807, 2.05) is 79.7 Å². The summed E-state index contributed by atoms with van der Waals surface area (Å²) in [6.07, 6.45) is 5.11. The van der Waals surface area contributed by atoms with Crippen molar-refractivity contribution in [3.8, 4) is 0 Å². The molecule has 68 heavy (non-hydrogen) atoms. The Morgan fingerprint density at radius 2 is 0.618 bits per heavy atom. The maximum atomic E-state index is 11.4. The van der Waals surface area contributed by atoms with Crippen LogP contribution in [-0.2, 0) is 51.6 Å². The Balaban J connectivity index is 0. The molecule has 0 aliphatic carbocycles. The fraction of sp³-hybridized carbons (Fsp3) is 0.481. The van der Waals surface area contributed by atoms with Crippen LogP contribution in [0.25, 0.3) is 0 Å². The molecular weight excluding hydrogens is 1250 g/mol. The standard InChI is InChI=1S/2C16H24O2.2C7H5IO2.2C4H8O.2Mo/c2*1-9(2)12-7-13(10(3)4)15(16(17)18)14(8-12)11(5)6;2*8-6-3-1-5(2-4-6)7(9)10;2*1-2-4-5-3-1;;/h2*7-11H,1-6H3,(H,17,18);2*1-4H,(H,9,10);2*1-4H2;;/q;;;;;;2*+2/p-4. The van der Waals surface area contributed by atoms with Gasteiger partial charge in [0.2, 0.25) is 0 Å². The van der Waals surface area contributed by atoms with E-state index in [9.17, 15) is 39.6 Å². The summed E-state index contributed by atoms with van der Waals surface area (Å²) in [7, 11) is 0. The molecule has 0 N–H and O–H groups in total. The van der Waals surface area contributed by atoms with Crippen molar-refractivity contribution in [3.05, 3.63) is 136 Å². The topological polar surface area (TPSA) is 179 Å². The van der Waals surface area contributed by atoms with Crippen molar-refractivity contribution in [1.82, 2.24) is 0 Å². The number of carbonyl (C=O) groups is 4. The van der Waals surface area contributed by atoms with Gasteiger partial charge in [0, 0.05) is 44.7 Å². The summed E-state index contributed by atoms with van der Waals surface area (Å²) in [5.74, 6) is -2.82. The minimum atomic E-state index is -1.13. The van der Waals surface area contributed by atoms with E-state index < -0.39 is 23.9 Å². The molecule has 10 nitrogen and oxygen atoms in total. The molecule has 14 heteroatoms. The predicted octanol–water partition coefficient (Wildman–Crippen LogP) is 9.74. The molecule has 0 saturated carbocycles. The molecule has 2 heterocycles. The zero-order chi connectivity index (χ0) is 50.3. The maximum absolute atomic E-state index is 11.4. The van der Waals surface area contributed by atoms with Crippen LogP contribution in [0.2, 0.25) is 0 Å². The molecule has 6 rings (SSSR count). The first kappa shape index (κ1) is 67.6. The van der Waals surface area contributed by atoms with Gasteiger partial charge in [-0.2, -0.15) is 0 Å². The van der Waals surface area contributed by atoms with Gasteiger partial charge in [0.15, 0.2) is 0 Å². The Morgan fingerprint density at radius 1 is 0.397 bits per heavy atom. The molecule has 4 aromatic rings. The number of carboxylic acids is 4. The van der Waals surface area contributed by atoms with Crippen molar-refractivity contribution in [2.45, 2.75) is 144 Å². The number of rotatable bonds is 10. The average Bonchev–Trinajstić information content (AvgIpc) is 4.05. The number of aromatic carboxylic acids is 4. The summed E-state index contributed by atoms with van der Waals surface area (Å²) in [6.45, 7) is 28.7. The van der Waals surface area contributed by atoms with Crippen molar-refractivity contribution in [1.29, 1.82) is 0 Å². The normalized spacial score (nSPS) is 12.4. The third kappa shape index (κ3) is 25.1. The van der Waals surface area contributed by atoms with E-state index in [4.69, 9.17) is 9.47 Å². The minimum Gasteiger partial charge on any atom is -0.545 e. The van der Waals surface area contributed by atoms with Crippen molar-refractivity contribution in [2.24, 2.45) is 0 Å². The molecule has 4 aromatic carbocycles. The Morgan fingerprint density at radius 3 is 0.750 bits per heavy atom. The third-order valence-corrected chi connectivity index (χ3v) is 11.9. The molecule has 2 aliphatic heterocycles. The van der Waals surface area contributed by atoms with Crippen molar-refractivity contribution in [2.75, 3.05) is 26.4 Å². The summed E-state index contributed by atoms with van der Waals surface area (Å²) in [6, 6.07) is 21.1. The summed E-state index contributed by atoms with van der Waals surface area (Å²) in [5.41, 5.74) is 7.21. The van der Waals surface area contributed by atoms with Gasteiger partial charge in [-0.25, -0.2) is 0 Å². The fourth-order valence-corrected chi connectivity index (χ4v) is 7.29. The number of hydrogen-bond donors (Lipinski definition) is 0. The molecule has 0 aromatic heterocycles. The summed E-state index contributed by atoms with van der Waals surface area (Å²) in [5, 5.41) is 43.2. The summed E-state index contributed by atoms with van der Waals surface area (Å²) < 4.78 is 11.9. The SMILES string of the molecule is C1CCOC1.C1CCOC1.CC(C)c1cc(C(C)C)c(C(=O)[O-])c(C(C)C)c1.CC(C)c1cc(C(C)C)c(C(=O)[O-])c(C(C)C)c1.O=C([O-])c1ccc(I)cc1.O=C([O-])c1ccc(I)cc1.[Mo+2].[Mo+2]. The van der Waals surface area contributed by atoms with Crippen LogP contribution in [0.5, 0.6) is 0 Å². The van der Waals surface area contributed by atoms with E-state index in [-0.39, 0.29) is 76.9 Å². The predicted molar refractivity (Wildman–Crippen MR) is 273 cm³/mol. The zero-order valence-electron chi connectivity index (χ0n) is 41.7. The van der Waals surface area contributed by atoms with Gasteiger partial charge in [-0.15, -0.1) is 0 Å². The molecule has 0 radical (unpaired) electrons. The van der Waals surface area contributed by atoms with E-state index in [1.165, 1.54) is 61.1 Å². The Kier molecular flexibility index (Phi) is 35.4. The molecule has 0 atom stereocenters. The van der Waals surface area contributed by atoms with Crippen LogP contribution >= 0.6 is 45.2 Å². The van der Waals surface area contributed by atoms with E-state index in [0.717, 1.165) is 55.8 Å². The smallest absolute Gasteiger partial charge is 0.545 e. The third-order valence-electron chi connectivity index (χ3n) is 10.5. The number of halogens is 2. The van der Waals surface area contributed by atoms with Crippen LogP contribution in [-0.4, -0.2) is 50.3 Å². The summed E-state index contributed by atoms with van der Waals surface area (Å²) in [4.78, 5) is 43.2. The van der Waals surface area contributed by atoms with Gasteiger partial charge in [-0.1, -0.05) is 132 Å². The summed E-state index contributed by atoms with van der Waals surface area (Å²) >= 11 is 4.21. The van der Waals surface area contributed by atoms with E-state index in [0.29, 0.717) is 23.0 Å². The van der Waals surface area contributed by atoms with Gasteiger partial charge >= 0.3 is 42.1 Å². The van der Waals surface area contributed by atoms with Gasteiger partial charge in [0.1, 0.15) is 0 Å². The van der Waals surface area contributed by atoms with Crippen molar-refractivity contribution in [3.63, 3.8) is 0 Å². The van der Waals surface area contributed by atoms with E-state index >= 15 is 0 Å². The molecule has 2 saturated heterocycles. The van der Waals surface area contributed by atoms with Gasteiger partial charge < -0.3 is 49.1 Å². The fourth-order valence-electron chi connectivity index (χ4n) is 6.58. The molecule has 2 aliphatic rings. The molecule has 0 unspecified atom stereocenters. The molecule has 0 amide bonds. The van der Waals surface area contributed by atoms with Crippen molar-refractivity contribution >= 4 is 69.1 Å². The quantitative estimate of drug-likeness (QED) is 0.110. The Bertz CT molecular complexity index is 1890. The Labute approximate surface area is 462 Å². The van der Waals surface area contributed by atoms with E-state index in [1.54, 1.807) is 24.3 Å². The van der Waals surface area contributed by atoms with Gasteiger partial charge in [0.05, 0.1) is 23.9 Å². The number of ether oxygens (including phenoxy) is 2. The first-order chi connectivity index (χ1) is 30.9. The molecule has 2 fully saturated rings. The second kappa shape index (κ2) is 35.6. The molecule has 0 spiro atoms. The van der Waals surface area contributed by atoms with Crippen LogP contribution in [0.4, 0.5) is 0 Å². The number of hydrogen-bond acceptors (Lipinski definition) is 10. The zero-order valence-corrected chi connectivity index (χ0v) is 50.0. The largest absolute Gasteiger partial charge is 2.00 e. The van der Waals surface area contributed by atoms with Gasteiger partial charge in [-0.05, 0) is 175 Å². The minimum absolute atomic E-state index is 0.